The van der Waals surface area contributed by atoms with E-state index in [0.717, 1.165) is 10.8 Å². The molecule has 0 aliphatic heterocycles. The SMILES string of the molecule is COc1ccc2ccc3occ(OC)c(=O)c3c2c1. The minimum Gasteiger partial charge on any atom is -0.497 e. The second-order valence-corrected chi connectivity index (χ2v) is 4.16. The van der Waals surface area contributed by atoms with Crippen LogP contribution in [0.4, 0.5) is 0 Å². The van der Waals surface area contributed by atoms with Gasteiger partial charge in [0, 0.05) is 5.39 Å². The van der Waals surface area contributed by atoms with Gasteiger partial charge in [0.25, 0.3) is 0 Å². The molecule has 0 saturated carbocycles. The van der Waals surface area contributed by atoms with Gasteiger partial charge in [0.05, 0.1) is 19.6 Å². The van der Waals surface area contributed by atoms with Gasteiger partial charge in [-0.15, -0.1) is 0 Å². The van der Waals surface area contributed by atoms with Crippen molar-refractivity contribution in [2.24, 2.45) is 0 Å². The van der Waals surface area contributed by atoms with Crippen molar-refractivity contribution in [1.29, 1.82) is 0 Å². The fourth-order valence-electron chi connectivity index (χ4n) is 2.17. The predicted octanol–water partition coefficient (Wildman–Crippen LogP) is 2.96. The molecule has 0 radical (unpaired) electrons. The van der Waals surface area contributed by atoms with E-state index in [1.807, 2.05) is 24.3 Å². The van der Waals surface area contributed by atoms with Crippen molar-refractivity contribution in [1.82, 2.24) is 0 Å². The Kier molecular flexibility index (Phi) is 2.63. The van der Waals surface area contributed by atoms with Crippen LogP contribution in [0.3, 0.4) is 0 Å². The van der Waals surface area contributed by atoms with Crippen LogP contribution in [0.5, 0.6) is 11.5 Å². The molecule has 0 amide bonds. The summed E-state index contributed by atoms with van der Waals surface area (Å²) in [4.78, 5) is 12.3. The normalized spacial score (nSPS) is 10.8. The van der Waals surface area contributed by atoms with E-state index in [0.29, 0.717) is 16.7 Å². The molecule has 3 aromatic rings. The summed E-state index contributed by atoms with van der Waals surface area (Å²) in [5.41, 5.74) is 0.356. The average Bonchev–Trinajstić information content (AvgIpc) is 2.46. The number of fused-ring (bicyclic) bond motifs is 3. The first-order valence-corrected chi connectivity index (χ1v) is 5.81. The minimum atomic E-state index is -0.178. The lowest BCUT2D eigenvalue weighted by Gasteiger charge is -2.06. The zero-order valence-electron chi connectivity index (χ0n) is 10.6. The van der Waals surface area contributed by atoms with Crippen molar-refractivity contribution in [3.63, 3.8) is 0 Å². The molecule has 4 heteroatoms. The molecule has 1 aromatic heterocycles. The molecule has 0 bridgehead atoms. The summed E-state index contributed by atoms with van der Waals surface area (Å²) in [7, 11) is 3.04. The Morgan fingerprint density at radius 3 is 2.58 bits per heavy atom. The molecule has 2 aromatic carbocycles. The molecule has 4 nitrogen and oxygen atoms in total. The van der Waals surface area contributed by atoms with E-state index in [-0.39, 0.29) is 11.2 Å². The van der Waals surface area contributed by atoms with Gasteiger partial charge in [-0.2, -0.15) is 0 Å². The summed E-state index contributed by atoms with van der Waals surface area (Å²) >= 11 is 0. The van der Waals surface area contributed by atoms with Crippen LogP contribution in [-0.2, 0) is 0 Å². The van der Waals surface area contributed by atoms with Gasteiger partial charge in [-0.1, -0.05) is 12.1 Å². The van der Waals surface area contributed by atoms with Crippen molar-refractivity contribution >= 4 is 21.7 Å². The largest absolute Gasteiger partial charge is 0.497 e. The minimum absolute atomic E-state index is 0.178. The van der Waals surface area contributed by atoms with E-state index in [4.69, 9.17) is 13.9 Å². The highest BCUT2D eigenvalue weighted by atomic mass is 16.5. The van der Waals surface area contributed by atoms with Crippen LogP contribution in [0.25, 0.3) is 21.7 Å². The lowest BCUT2D eigenvalue weighted by Crippen LogP contribution is -2.05. The molecule has 0 unspecified atom stereocenters. The van der Waals surface area contributed by atoms with E-state index in [1.54, 1.807) is 13.2 Å². The van der Waals surface area contributed by atoms with E-state index < -0.39 is 0 Å². The predicted molar refractivity (Wildman–Crippen MR) is 73.1 cm³/mol. The number of methoxy groups -OCH3 is 2. The monoisotopic (exact) mass is 256 g/mol. The van der Waals surface area contributed by atoms with Crippen molar-refractivity contribution in [3.8, 4) is 11.5 Å². The lowest BCUT2D eigenvalue weighted by molar-refractivity contribution is 0.394. The smallest absolute Gasteiger partial charge is 0.235 e. The van der Waals surface area contributed by atoms with Crippen LogP contribution in [-0.4, -0.2) is 14.2 Å². The summed E-state index contributed by atoms with van der Waals surface area (Å²) in [6.45, 7) is 0. The maximum atomic E-state index is 12.3. The summed E-state index contributed by atoms with van der Waals surface area (Å²) in [5, 5.41) is 2.26. The van der Waals surface area contributed by atoms with E-state index >= 15 is 0 Å². The van der Waals surface area contributed by atoms with Crippen LogP contribution in [0.2, 0.25) is 0 Å². The average molecular weight is 256 g/mol. The molecule has 0 saturated heterocycles. The molecular weight excluding hydrogens is 244 g/mol. The van der Waals surface area contributed by atoms with Gasteiger partial charge in [0.1, 0.15) is 17.6 Å². The maximum absolute atomic E-state index is 12.3. The third kappa shape index (κ3) is 1.73. The van der Waals surface area contributed by atoms with E-state index in [1.165, 1.54) is 13.4 Å². The second-order valence-electron chi connectivity index (χ2n) is 4.16. The molecule has 0 aliphatic carbocycles. The first-order chi connectivity index (χ1) is 9.24. The quantitative estimate of drug-likeness (QED) is 0.661. The molecule has 19 heavy (non-hydrogen) atoms. The Morgan fingerprint density at radius 1 is 1.05 bits per heavy atom. The van der Waals surface area contributed by atoms with Gasteiger partial charge in [-0.25, -0.2) is 0 Å². The standard InChI is InChI=1S/C15H12O4/c1-17-10-5-3-9-4-6-12-14(11(9)7-10)15(16)13(18-2)8-19-12/h3-8H,1-2H3. The highest BCUT2D eigenvalue weighted by molar-refractivity contribution is 6.06. The zero-order valence-corrected chi connectivity index (χ0v) is 10.6. The molecule has 0 spiro atoms. The highest BCUT2D eigenvalue weighted by Gasteiger charge is 2.11. The maximum Gasteiger partial charge on any atom is 0.235 e. The van der Waals surface area contributed by atoms with Crippen molar-refractivity contribution in [2.45, 2.75) is 0 Å². The summed E-state index contributed by atoms with van der Waals surface area (Å²) in [6.07, 6.45) is 1.33. The third-order valence-corrected chi connectivity index (χ3v) is 3.15. The molecule has 3 rings (SSSR count). The third-order valence-electron chi connectivity index (χ3n) is 3.15. The fraction of sp³-hybridized carbons (Fsp3) is 0.133. The summed E-state index contributed by atoms with van der Waals surface area (Å²) in [6, 6.07) is 9.29. The summed E-state index contributed by atoms with van der Waals surface area (Å²) < 4.78 is 15.7. The second kappa shape index (κ2) is 4.31. The van der Waals surface area contributed by atoms with Crippen LogP contribution < -0.4 is 14.9 Å². The number of ether oxygens (including phenoxy) is 2. The first-order valence-electron chi connectivity index (χ1n) is 5.81. The molecule has 1 heterocycles. The van der Waals surface area contributed by atoms with Crippen LogP contribution >= 0.6 is 0 Å². The van der Waals surface area contributed by atoms with E-state index in [2.05, 4.69) is 0 Å². The number of hydrogen-bond acceptors (Lipinski definition) is 4. The molecule has 0 fully saturated rings. The van der Waals surface area contributed by atoms with Gasteiger partial charge in [0.2, 0.25) is 11.2 Å². The van der Waals surface area contributed by atoms with Crippen LogP contribution in [0.15, 0.2) is 45.8 Å². The molecular formula is C15H12O4. The zero-order chi connectivity index (χ0) is 13.4. The van der Waals surface area contributed by atoms with Crippen molar-refractivity contribution in [3.05, 3.63) is 46.8 Å². The van der Waals surface area contributed by atoms with Gasteiger partial charge in [-0.3, -0.25) is 4.79 Å². The number of benzene rings is 2. The highest BCUT2D eigenvalue weighted by Crippen LogP contribution is 2.27. The van der Waals surface area contributed by atoms with Gasteiger partial charge >= 0.3 is 0 Å². The first kappa shape index (κ1) is 11.6. The Labute approximate surface area is 109 Å². The number of hydrogen-bond donors (Lipinski definition) is 0. The Hall–Kier alpha value is -2.49. The molecule has 0 atom stereocenters. The van der Waals surface area contributed by atoms with Gasteiger partial charge in [-0.05, 0) is 23.6 Å². The molecule has 96 valence electrons. The summed E-state index contributed by atoms with van der Waals surface area (Å²) in [5.74, 6) is 0.894. The Balaban J connectivity index is 2.52. The van der Waals surface area contributed by atoms with Gasteiger partial charge in [0.15, 0.2) is 0 Å². The lowest BCUT2D eigenvalue weighted by atomic mass is 10.1. The van der Waals surface area contributed by atoms with Crippen molar-refractivity contribution in [2.75, 3.05) is 14.2 Å². The van der Waals surface area contributed by atoms with Crippen LogP contribution in [0.1, 0.15) is 0 Å². The Morgan fingerprint density at radius 2 is 1.84 bits per heavy atom. The van der Waals surface area contributed by atoms with E-state index in [9.17, 15) is 4.79 Å². The van der Waals surface area contributed by atoms with Crippen molar-refractivity contribution < 1.29 is 13.9 Å². The molecule has 0 N–H and O–H groups in total. The Bertz CT molecular complexity index is 817. The fourth-order valence-corrected chi connectivity index (χ4v) is 2.17. The molecule has 0 aliphatic rings. The van der Waals surface area contributed by atoms with Gasteiger partial charge < -0.3 is 13.9 Å². The topological polar surface area (TPSA) is 48.7 Å². The van der Waals surface area contributed by atoms with Crippen LogP contribution in [0, 0.1) is 0 Å². The number of rotatable bonds is 2.